The molecule has 0 aromatic carbocycles. The van der Waals surface area contributed by atoms with Gasteiger partial charge < -0.3 is 25.8 Å². The summed E-state index contributed by atoms with van der Waals surface area (Å²) in [6.07, 6.45) is 3.61. The van der Waals surface area contributed by atoms with E-state index in [4.69, 9.17) is 34.5 Å². The van der Waals surface area contributed by atoms with Gasteiger partial charge in [-0.25, -0.2) is 39.0 Å². The van der Waals surface area contributed by atoms with Crippen molar-refractivity contribution in [1.29, 1.82) is 0 Å². The van der Waals surface area contributed by atoms with Crippen LogP contribution in [0.15, 0.2) is 25.3 Å². The number of fused-ring (bicyclic) bond motifs is 2. The van der Waals surface area contributed by atoms with Gasteiger partial charge >= 0.3 is 13.6 Å². The molecule has 2 saturated heterocycles. The highest BCUT2D eigenvalue weighted by Crippen LogP contribution is 2.57. The summed E-state index contributed by atoms with van der Waals surface area (Å²) >= 11 is 7.70. The molecule has 226 valence electrons. The molecule has 0 bridgehead atoms. The average Bonchev–Trinajstić information content (AvgIpc) is 3.71. The zero-order valence-corrected chi connectivity index (χ0v) is 25.1. The highest BCUT2D eigenvalue weighted by Gasteiger charge is 2.43. The van der Waals surface area contributed by atoms with Crippen molar-refractivity contribution < 1.29 is 37.1 Å². The molecule has 0 spiro atoms. The number of rotatable bonds is 10. The van der Waals surface area contributed by atoms with E-state index in [1.165, 1.54) is 19.0 Å². The molecule has 42 heavy (non-hydrogen) atoms. The van der Waals surface area contributed by atoms with Crippen LogP contribution in [-0.2, 0) is 32.2 Å². The summed E-state index contributed by atoms with van der Waals surface area (Å²) in [5.74, 6) is 0.449. The Hall–Kier alpha value is -2.38. The molecule has 6 rings (SSSR count). The van der Waals surface area contributed by atoms with E-state index in [1.807, 2.05) is 0 Å². The van der Waals surface area contributed by atoms with Crippen LogP contribution in [0.1, 0.15) is 31.7 Å². The first-order chi connectivity index (χ1) is 20.0. The lowest BCUT2D eigenvalue weighted by Gasteiger charge is -2.23. The van der Waals surface area contributed by atoms with E-state index in [2.05, 4.69) is 54.4 Å². The fraction of sp³-hybridized carbons (Fsp3) is 0.500. The molecule has 2 fully saturated rings. The Kier molecular flexibility index (Phi) is 8.20. The number of anilines is 2. The fourth-order valence-electron chi connectivity index (χ4n) is 4.86. The molecule has 0 saturated carbocycles. The topological polar surface area (TPSA) is 240 Å². The Labute approximate surface area is 247 Å². The number of hydrogen-bond donors (Lipinski definition) is 5. The normalized spacial score (nSPS) is 27.5. The predicted octanol–water partition coefficient (Wildman–Crippen LogP) is 2.28. The predicted molar refractivity (Wildman–Crippen MR) is 153 cm³/mol. The quantitative estimate of drug-likeness (QED) is 0.121. The SMILES string of the molecule is Nc1ncnc2c1ncn2[C@H]1CC[C@@H](COP(=O)(S)O[C@H]2C[C@H](n3cnc4c(N)ncnc43)O[C@@H]2COP(=O)(O)S)O1. The van der Waals surface area contributed by atoms with Crippen molar-refractivity contribution in [3.8, 4) is 0 Å². The van der Waals surface area contributed by atoms with E-state index in [-0.39, 0.29) is 30.9 Å². The minimum Gasteiger partial charge on any atom is -0.382 e. The largest absolute Gasteiger partial charge is 0.386 e. The molecule has 18 nitrogen and oxygen atoms in total. The molecule has 2 aliphatic heterocycles. The van der Waals surface area contributed by atoms with E-state index in [0.29, 0.717) is 35.2 Å². The molecule has 0 amide bonds. The third kappa shape index (κ3) is 6.28. The van der Waals surface area contributed by atoms with Crippen LogP contribution in [0, 0.1) is 0 Å². The number of nitrogens with zero attached hydrogens (tertiary/aromatic N) is 8. The summed E-state index contributed by atoms with van der Waals surface area (Å²) in [7, 11) is 0. The smallest absolute Gasteiger partial charge is 0.382 e. The second kappa shape index (κ2) is 11.6. The summed E-state index contributed by atoms with van der Waals surface area (Å²) < 4.78 is 56.7. The fourth-order valence-corrected chi connectivity index (χ4v) is 6.94. The molecule has 0 radical (unpaired) electrons. The Morgan fingerprint density at radius 1 is 0.881 bits per heavy atom. The molecule has 6 heterocycles. The third-order valence-corrected chi connectivity index (χ3v) is 9.23. The van der Waals surface area contributed by atoms with E-state index in [1.54, 1.807) is 15.5 Å². The monoisotopic (exact) mass is 660 g/mol. The molecule has 22 heteroatoms. The zero-order chi connectivity index (χ0) is 29.6. The van der Waals surface area contributed by atoms with Crippen LogP contribution in [0.4, 0.5) is 11.6 Å². The van der Waals surface area contributed by atoms with Gasteiger partial charge in [0.2, 0.25) is 0 Å². The minimum atomic E-state index is -4.15. The van der Waals surface area contributed by atoms with Crippen molar-refractivity contribution in [3.63, 3.8) is 0 Å². The molecule has 7 atom stereocenters. The second-order valence-electron chi connectivity index (χ2n) is 9.52. The van der Waals surface area contributed by atoms with Gasteiger partial charge in [0.05, 0.1) is 32.0 Å². The van der Waals surface area contributed by atoms with Crippen molar-refractivity contribution >= 4 is 72.1 Å². The molecule has 0 aliphatic carbocycles. The second-order valence-corrected chi connectivity index (χ2v) is 15.1. The van der Waals surface area contributed by atoms with Crippen LogP contribution in [-0.4, -0.2) is 75.5 Å². The van der Waals surface area contributed by atoms with Gasteiger partial charge in [0.15, 0.2) is 22.9 Å². The van der Waals surface area contributed by atoms with Gasteiger partial charge in [-0.15, -0.1) is 0 Å². The van der Waals surface area contributed by atoms with Gasteiger partial charge in [0.25, 0.3) is 0 Å². The van der Waals surface area contributed by atoms with Crippen molar-refractivity contribution in [2.75, 3.05) is 24.7 Å². The van der Waals surface area contributed by atoms with Crippen LogP contribution < -0.4 is 11.5 Å². The van der Waals surface area contributed by atoms with E-state index < -0.39 is 44.7 Å². The lowest BCUT2D eigenvalue weighted by molar-refractivity contribution is -0.0389. The van der Waals surface area contributed by atoms with Crippen molar-refractivity contribution in [2.24, 2.45) is 0 Å². The Balaban J connectivity index is 1.11. The van der Waals surface area contributed by atoms with Crippen molar-refractivity contribution in [3.05, 3.63) is 25.3 Å². The Morgan fingerprint density at radius 3 is 2.12 bits per heavy atom. The van der Waals surface area contributed by atoms with Gasteiger partial charge in [-0.05, 0) is 12.8 Å². The maximum absolute atomic E-state index is 13.3. The lowest BCUT2D eigenvalue weighted by atomic mass is 10.2. The summed E-state index contributed by atoms with van der Waals surface area (Å²) in [4.78, 5) is 34.3. The Morgan fingerprint density at radius 2 is 1.50 bits per heavy atom. The van der Waals surface area contributed by atoms with Crippen molar-refractivity contribution in [2.45, 2.75) is 50.0 Å². The summed E-state index contributed by atoms with van der Waals surface area (Å²) in [6.45, 7) is -8.60. The molecular formula is C20H26N10O8P2S2. The summed E-state index contributed by atoms with van der Waals surface area (Å²) in [5.41, 5.74) is 13.5. The van der Waals surface area contributed by atoms with Gasteiger partial charge in [-0.1, -0.05) is 24.5 Å². The van der Waals surface area contributed by atoms with Gasteiger partial charge in [0, 0.05) is 6.42 Å². The molecule has 2 aliphatic rings. The maximum Gasteiger partial charge on any atom is 0.386 e. The number of ether oxygens (including phenoxy) is 2. The third-order valence-electron chi connectivity index (χ3n) is 6.76. The molecule has 5 N–H and O–H groups in total. The van der Waals surface area contributed by atoms with Crippen molar-refractivity contribution in [1.82, 2.24) is 39.0 Å². The number of thiol groups is 2. The average molecular weight is 661 g/mol. The first kappa shape index (κ1) is 29.7. The zero-order valence-electron chi connectivity index (χ0n) is 21.6. The highest BCUT2D eigenvalue weighted by atomic mass is 32.7. The van der Waals surface area contributed by atoms with Crippen LogP contribution in [0.5, 0.6) is 0 Å². The number of nitrogens with two attached hydrogens (primary N) is 2. The number of nitrogen functional groups attached to an aromatic ring is 2. The first-order valence-corrected chi connectivity index (χ1v) is 17.9. The van der Waals surface area contributed by atoms with Crippen LogP contribution in [0.3, 0.4) is 0 Å². The number of hydrogen-bond acceptors (Lipinski definition) is 15. The molecule has 2 unspecified atom stereocenters. The summed E-state index contributed by atoms with van der Waals surface area (Å²) in [6, 6.07) is 0. The van der Waals surface area contributed by atoms with Crippen LogP contribution >= 0.6 is 38.1 Å². The van der Waals surface area contributed by atoms with Crippen LogP contribution in [0.2, 0.25) is 0 Å². The van der Waals surface area contributed by atoms with E-state index >= 15 is 0 Å². The van der Waals surface area contributed by atoms with Gasteiger partial charge in [0.1, 0.15) is 48.4 Å². The molecular weight excluding hydrogens is 634 g/mol. The minimum absolute atomic E-state index is 0.0793. The first-order valence-electron chi connectivity index (χ1n) is 12.5. The highest BCUT2D eigenvalue weighted by molar-refractivity contribution is 8.44. The van der Waals surface area contributed by atoms with E-state index in [0.717, 1.165) is 0 Å². The number of imidazole rings is 2. The maximum atomic E-state index is 13.3. The van der Waals surface area contributed by atoms with Gasteiger partial charge in [-0.3, -0.25) is 22.7 Å². The molecule has 4 aromatic heterocycles. The van der Waals surface area contributed by atoms with E-state index in [9.17, 15) is 14.0 Å². The Bertz CT molecular complexity index is 1700. The lowest BCUT2D eigenvalue weighted by Crippen LogP contribution is -2.28. The van der Waals surface area contributed by atoms with Crippen LogP contribution in [0.25, 0.3) is 22.3 Å². The summed E-state index contributed by atoms with van der Waals surface area (Å²) in [5, 5.41) is 0. The van der Waals surface area contributed by atoms with Gasteiger partial charge in [-0.2, -0.15) is 0 Å². The standard InChI is InChI=1S/C20H26N10O8P2S2/c21-17-15-19(25-6-23-17)29(8-27-15)13-2-1-10(36-13)4-35-40(33,42)38-11-3-14(37-12(11)5-34-39(31,32)41)30-9-28-16-18(22)24-7-26-20(16)30/h6-14H,1-5H2,(H,33,42)(H2,21,23,25)(H2,22,24,26)(H2,31,32,41)/t10-,11-,12+,13+,14+,40?/m0/s1. The molecule has 4 aromatic rings. The number of aromatic nitrogens is 8.